The zero-order valence-electron chi connectivity index (χ0n) is 9.53. The Kier molecular flexibility index (Phi) is 4.28. The molecule has 2 amide bonds. The number of halogens is 1. The predicted molar refractivity (Wildman–Crippen MR) is 64.7 cm³/mol. The van der Waals surface area contributed by atoms with Crippen molar-refractivity contribution in [3.8, 4) is 0 Å². The van der Waals surface area contributed by atoms with Crippen LogP contribution >= 0.6 is 11.6 Å². The molecule has 0 aliphatic rings. The number of hydrogen-bond acceptors (Lipinski definition) is 4. The van der Waals surface area contributed by atoms with E-state index in [4.69, 9.17) is 17.3 Å². The standard InChI is InChI=1S/C10H13ClN4O2/c1-13-8(16)5-15(2)10(17)7-3-6(12)4-14-9(7)11/h3-4H,5,12H2,1-2H3,(H,13,16). The topological polar surface area (TPSA) is 88.3 Å². The van der Waals surface area contributed by atoms with Crippen LogP contribution in [0.15, 0.2) is 12.3 Å². The molecule has 1 aromatic heterocycles. The van der Waals surface area contributed by atoms with Crippen molar-refractivity contribution in [3.63, 3.8) is 0 Å². The van der Waals surface area contributed by atoms with Gasteiger partial charge in [-0.2, -0.15) is 0 Å². The molecule has 0 fully saturated rings. The number of nitrogens with two attached hydrogens (primary N) is 1. The second-order valence-corrected chi connectivity index (χ2v) is 3.80. The van der Waals surface area contributed by atoms with Crippen LogP contribution < -0.4 is 11.1 Å². The molecule has 0 atom stereocenters. The zero-order chi connectivity index (χ0) is 13.0. The molecule has 0 saturated heterocycles. The minimum absolute atomic E-state index is 0.0551. The highest BCUT2D eigenvalue weighted by molar-refractivity contribution is 6.32. The van der Waals surface area contributed by atoms with Gasteiger partial charge in [-0.15, -0.1) is 0 Å². The van der Waals surface area contributed by atoms with Crippen molar-refractivity contribution in [2.24, 2.45) is 0 Å². The lowest BCUT2D eigenvalue weighted by molar-refractivity contribution is -0.121. The third kappa shape index (κ3) is 3.32. The number of pyridine rings is 1. The Morgan fingerprint density at radius 3 is 2.82 bits per heavy atom. The molecule has 17 heavy (non-hydrogen) atoms. The molecule has 1 heterocycles. The summed E-state index contributed by atoms with van der Waals surface area (Å²) in [5.41, 5.74) is 6.04. The van der Waals surface area contributed by atoms with E-state index in [0.717, 1.165) is 0 Å². The van der Waals surface area contributed by atoms with Gasteiger partial charge in [-0.25, -0.2) is 4.98 Å². The van der Waals surface area contributed by atoms with Crippen LogP contribution in [0.25, 0.3) is 0 Å². The Morgan fingerprint density at radius 2 is 2.24 bits per heavy atom. The van der Waals surface area contributed by atoms with E-state index in [2.05, 4.69) is 10.3 Å². The number of nitrogens with one attached hydrogen (secondary N) is 1. The van der Waals surface area contributed by atoms with Gasteiger partial charge in [-0.1, -0.05) is 11.6 Å². The lowest BCUT2D eigenvalue weighted by Crippen LogP contribution is -2.37. The monoisotopic (exact) mass is 256 g/mol. The number of nitrogen functional groups attached to an aromatic ring is 1. The smallest absolute Gasteiger partial charge is 0.257 e. The van der Waals surface area contributed by atoms with Gasteiger partial charge in [0.25, 0.3) is 5.91 Å². The lowest BCUT2D eigenvalue weighted by atomic mass is 10.2. The van der Waals surface area contributed by atoms with Crippen LogP contribution in [0.5, 0.6) is 0 Å². The van der Waals surface area contributed by atoms with Gasteiger partial charge in [-0.3, -0.25) is 9.59 Å². The van der Waals surface area contributed by atoms with Gasteiger partial charge < -0.3 is 16.0 Å². The number of aromatic nitrogens is 1. The lowest BCUT2D eigenvalue weighted by Gasteiger charge is -2.16. The SMILES string of the molecule is CNC(=O)CN(C)C(=O)c1cc(N)cnc1Cl. The molecule has 3 N–H and O–H groups in total. The average Bonchev–Trinajstić information content (AvgIpc) is 2.31. The molecule has 1 rings (SSSR count). The summed E-state index contributed by atoms with van der Waals surface area (Å²) in [6.07, 6.45) is 1.36. The number of carbonyl (C=O) groups is 2. The van der Waals surface area contributed by atoms with Crippen LogP contribution in [0.3, 0.4) is 0 Å². The Balaban J connectivity index is 2.88. The minimum atomic E-state index is -0.404. The number of likely N-dealkylation sites (N-methyl/N-ethyl adjacent to an activating group) is 2. The van der Waals surface area contributed by atoms with Crippen molar-refractivity contribution >= 4 is 29.1 Å². The maximum atomic E-state index is 11.9. The largest absolute Gasteiger partial charge is 0.397 e. The first-order valence-corrected chi connectivity index (χ1v) is 5.20. The third-order valence-corrected chi connectivity index (χ3v) is 2.40. The van der Waals surface area contributed by atoms with Gasteiger partial charge in [0.1, 0.15) is 5.15 Å². The van der Waals surface area contributed by atoms with Crippen LogP contribution in [-0.2, 0) is 4.79 Å². The van der Waals surface area contributed by atoms with Crippen molar-refractivity contribution in [1.29, 1.82) is 0 Å². The molecule has 1 aromatic rings. The Morgan fingerprint density at radius 1 is 1.59 bits per heavy atom. The second kappa shape index (κ2) is 5.49. The van der Waals surface area contributed by atoms with Gasteiger partial charge in [-0.05, 0) is 6.07 Å². The first-order chi connectivity index (χ1) is 7.95. The van der Waals surface area contributed by atoms with Gasteiger partial charge in [0.2, 0.25) is 5.91 Å². The number of rotatable bonds is 3. The van der Waals surface area contributed by atoms with E-state index in [1.165, 1.54) is 31.3 Å². The number of hydrogen-bond donors (Lipinski definition) is 2. The fourth-order valence-electron chi connectivity index (χ4n) is 1.19. The van der Waals surface area contributed by atoms with Crippen molar-refractivity contribution in [1.82, 2.24) is 15.2 Å². The van der Waals surface area contributed by atoms with E-state index in [1.807, 2.05) is 0 Å². The van der Waals surface area contributed by atoms with Crippen LogP contribution in [0.4, 0.5) is 5.69 Å². The van der Waals surface area contributed by atoms with E-state index in [0.29, 0.717) is 5.69 Å². The molecule has 0 bridgehead atoms. The molecule has 0 radical (unpaired) electrons. The first kappa shape index (κ1) is 13.2. The zero-order valence-corrected chi connectivity index (χ0v) is 10.3. The van der Waals surface area contributed by atoms with Gasteiger partial charge in [0.15, 0.2) is 0 Å². The quantitative estimate of drug-likeness (QED) is 0.753. The normalized spacial score (nSPS) is 9.82. The molecule has 0 aliphatic carbocycles. The maximum Gasteiger partial charge on any atom is 0.257 e. The molecular formula is C10H13ClN4O2. The minimum Gasteiger partial charge on any atom is -0.397 e. The molecular weight excluding hydrogens is 244 g/mol. The summed E-state index contributed by atoms with van der Waals surface area (Å²) in [6, 6.07) is 1.43. The van der Waals surface area contributed by atoms with Crippen LogP contribution in [0.1, 0.15) is 10.4 Å². The summed E-state index contributed by atoms with van der Waals surface area (Å²) in [4.78, 5) is 28.1. The summed E-state index contributed by atoms with van der Waals surface area (Å²) in [5, 5.41) is 2.48. The van der Waals surface area contributed by atoms with Crippen molar-refractivity contribution in [2.75, 3.05) is 26.4 Å². The Labute approximate surface area is 104 Å². The molecule has 0 saturated carbocycles. The Hall–Kier alpha value is -1.82. The highest BCUT2D eigenvalue weighted by atomic mass is 35.5. The fraction of sp³-hybridized carbons (Fsp3) is 0.300. The van der Waals surface area contributed by atoms with Crippen molar-refractivity contribution in [2.45, 2.75) is 0 Å². The number of amides is 2. The predicted octanol–water partition coefficient (Wildman–Crippen LogP) is 0.135. The highest BCUT2D eigenvalue weighted by Gasteiger charge is 2.18. The summed E-state index contributed by atoms with van der Waals surface area (Å²) in [5.74, 6) is -0.674. The average molecular weight is 257 g/mol. The molecule has 0 spiro atoms. The molecule has 7 heteroatoms. The maximum absolute atomic E-state index is 11.9. The number of nitrogens with zero attached hydrogens (tertiary/aromatic N) is 2. The van der Waals surface area contributed by atoms with E-state index < -0.39 is 5.91 Å². The van der Waals surface area contributed by atoms with Crippen LogP contribution in [0.2, 0.25) is 5.15 Å². The summed E-state index contributed by atoms with van der Waals surface area (Å²) >= 11 is 5.79. The molecule has 92 valence electrons. The second-order valence-electron chi connectivity index (χ2n) is 3.44. The van der Waals surface area contributed by atoms with Gasteiger partial charge in [0, 0.05) is 14.1 Å². The van der Waals surface area contributed by atoms with E-state index in [-0.39, 0.29) is 23.2 Å². The van der Waals surface area contributed by atoms with E-state index in [1.54, 1.807) is 0 Å². The first-order valence-electron chi connectivity index (χ1n) is 4.82. The third-order valence-electron chi connectivity index (χ3n) is 2.10. The van der Waals surface area contributed by atoms with Crippen LogP contribution in [0, 0.1) is 0 Å². The van der Waals surface area contributed by atoms with Gasteiger partial charge in [0.05, 0.1) is 24.0 Å². The van der Waals surface area contributed by atoms with Crippen molar-refractivity contribution in [3.05, 3.63) is 23.0 Å². The molecule has 0 aliphatic heterocycles. The Bertz CT molecular complexity index is 450. The van der Waals surface area contributed by atoms with Crippen LogP contribution in [-0.4, -0.2) is 42.3 Å². The number of anilines is 1. The van der Waals surface area contributed by atoms with E-state index in [9.17, 15) is 9.59 Å². The summed E-state index contributed by atoms with van der Waals surface area (Å²) < 4.78 is 0. The fourth-order valence-corrected chi connectivity index (χ4v) is 1.37. The number of carbonyl (C=O) groups excluding carboxylic acids is 2. The van der Waals surface area contributed by atoms with E-state index >= 15 is 0 Å². The van der Waals surface area contributed by atoms with Crippen molar-refractivity contribution < 1.29 is 9.59 Å². The summed E-state index contributed by atoms with van der Waals surface area (Å²) in [6.45, 7) is -0.0551. The molecule has 0 aromatic carbocycles. The van der Waals surface area contributed by atoms with Gasteiger partial charge >= 0.3 is 0 Å². The highest BCUT2D eigenvalue weighted by Crippen LogP contribution is 2.17. The molecule has 6 nitrogen and oxygen atoms in total. The molecule has 0 unspecified atom stereocenters. The summed E-state index contributed by atoms with van der Waals surface area (Å²) in [7, 11) is 2.99.